The Bertz CT molecular complexity index is 307. The summed E-state index contributed by atoms with van der Waals surface area (Å²) in [7, 11) is 0. The molecule has 1 nitrogen and oxygen atoms in total. The van der Waals surface area contributed by atoms with E-state index in [4.69, 9.17) is 0 Å². The second kappa shape index (κ2) is 3.72. The van der Waals surface area contributed by atoms with E-state index in [1.807, 2.05) is 30.8 Å². The Hall–Kier alpha value is -0.470. The molecule has 0 spiro atoms. The number of thioether (sulfide) groups is 1. The fourth-order valence-corrected chi connectivity index (χ4v) is 2.89. The highest BCUT2D eigenvalue weighted by Gasteiger charge is 2.15. The molecule has 1 aliphatic heterocycles. The van der Waals surface area contributed by atoms with Crippen LogP contribution in [-0.4, -0.2) is 10.9 Å². The minimum atomic E-state index is -0.325. The molecule has 0 saturated heterocycles. The molecule has 0 radical (unpaired) electrons. The summed E-state index contributed by atoms with van der Waals surface area (Å²) in [6.45, 7) is 1.84. The van der Waals surface area contributed by atoms with Crippen molar-refractivity contribution < 1.29 is 5.11 Å². The van der Waals surface area contributed by atoms with Gasteiger partial charge in [-0.2, -0.15) is 0 Å². The summed E-state index contributed by atoms with van der Waals surface area (Å²) in [6, 6.07) is 6.24. The largest absolute Gasteiger partial charge is 0.389 e. The maximum absolute atomic E-state index is 9.57. The Labute approximate surface area is 83.2 Å². The molecule has 0 amide bonds. The predicted octanol–water partition coefficient (Wildman–Crippen LogP) is 2.78. The van der Waals surface area contributed by atoms with Crippen LogP contribution in [0.3, 0.4) is 0 Å². The molecular formula is C11H14OS. The molecule has 2 heteroatoms. The second-order valence-corrected chi connectivity index (χ2v) is 4.59. The third-order valence-corrected chi connectivity index (χ3v) is 3.63. The van der Waals surface area contributed by atoms with E-state index >= 15 is 0 Å². The zero-order chi connectivity index (χ0) is 9.26. The van der Waals surface area contributed by atoms with Crippen molar-refractivity contribution in [2.24, 2.45) is 0 Å². The van der Waals surface area contributed by atoms with Gasteiger partial charge in [0.25, 0.3) is 0 Å². The molecule has 1 N–H and O–H groups in total. The van der Waals surface area contributed by atoms with Crippen LogP contribution in [0.15, 0.2) is 23.1 Å². The molecule has 0 bridgehead atoms. The Morgan fingerprint density at radius 2 is 2.31 bits per heavy atom. The molecule has 0 aliphatic carbocycles. The number of benzene rings is 1. The maximum atomic E-state index is 9.57. The van der Waals surface area contributed by atoms with E-state index in [0.717, 1.165) is 12.0 Å². The summed E-state index contributed by atoms with van der Waals surface area (Å²) >= 11 is 1.91. The summed E-state index contributed by atoms with van der Waals surface area (Å²) < 4.78 is 0. The molecule has 0 aromatic heterocycles. The zero-order valence-corrected chi connectivity index (χ0v) is 8.60. The van der Waals surface area contributed by atoms with Crippen molar-refractivity contribution >= 4 is 11.8 Å². The molecule has 2 rings (SSSR count). The van der Waals surface area contributed by atoms with E-state index in [2.05, 4.69) is 6.07 Å². The van der Waals surface area contributed by atoms with Gasteiger partial charge in [-0.25, -0.2) is 0 Å². The average Bonchev–Trinajstić information content (AvgIpc) is 2.17. The third-order valence-electron chi connectivity index (χ3n) is 2.45. The smallest absolute Gasteiger partial charge is 0.0764 e. The first-order valence-corrected chi connectivity index (χ1v) is 5.70. The van der Waals surface area contributed by atoms with Crippen LogP contribution in [0.1, 0.15) is 30.6 Å². The first-order chi connectivity index (χ1) is 6.29. The standard InChI is InChI=1S/C11H14OS/c1-8(12)9-4-2-6-11-10(9)5-3-7-13-11/h2,4,6,8,12H,3,5,7H2,1H3. The summed E-state index contributed by atoms with van der Waals surface area (Å²) in [5.41, 5.74) is 2.48. The normalized spacial score (nSPS) is 18.0. The highest BCUT2D eigenvalue weighted by molar-refractivity contribution is 7.99. The molecular weight excluding hydrogens is 180 g/mol. The van der Waals surface area contributed by atoms with Crippen LogP contribution in [0.5, 0.6) is 0 Å². The van der Waals surface area contributed by atoms with Crippen LogP contribution in [-0.2, 0) is 6.42 Å². The SMILES string of the molecule is CC(O)c1cccc2c1CCCS2. The first kappa shape index (κ1) is 9.10. The third kappa shape index (κ3) is 1.74. The number of aliphatic hydroxyl groups is 1. The van der Waals surface area contributed by atoms with Crippen molar-refractivity contribution in [3.8, 4) is 0 Å². The van der Waals surface area contributed by atoms with Gasteiger partial charge in [0.2, 0.25) is 0 Å². The molecule has 1 unspecified atom stereocenters. The molecule has 13 heavy (non-hydrogen) atoms. The minimum Gasteiger partial charge on any atom is -0.389 e. The molecule has 1 aromatic rings. The molecule has 70 valence electrons. The monoisotopic (exact) mass is 194 g/mol. The molecule has 1 aromatic carbocycles. The van der Waals surface area contributed by atoms with E-state index in [-0.39, 0.29) is 6.10 Å². The van der Waals surface area contributed by atoms with Crippen molar-refractivity contribution in [2.75, 3.05) is 5.75 Å². The number of aliphatic hydroxyl groups excluding tert-OH is 1. The summed E-state index contributed by atoms with van der Waals surface area (Å²) in [5.74, 6) is 1.22. The lowest BCUT2D eigenvalue weighted by atomic mass is 9.99. The Balaban J connectivity index is 2.46. The van der Waals surface area contributed by atoms with E-state index in [0.29, 0.717) is 0 Å². The zero-order valence-electron chi connectivity index (χ0n) is 7.79. The van der Waals surface area contributed by atoms with Crippen LogP contribution in [0.2, 0.25) is 0 Å². The van der Waals surface area contributed by atoms with Crippen molar-refractivity contribution in [3.63, 3.8) is 0 Å². The summed E-state index contributed by atoms with van der Waals surface area (Å²) in [6.07, 6.45) is 2.04. The van der Waals surface area contributed by atoms with E-state index in [1.165, 1.54) is 22.6 Å². The van der Waals surface area contributed by atoms with Crippen LogP contribution in [0.4, 0.5) is 0 Å². The molecule has 0 fully saturated rings. The van der Waals surface area contributed by atoms with Gasteiger partial charge >= 0.3 is 0 Å². The Morgan fingerprint density at radius 3 is 3.08 bits per heavy atom. The fourth-order valence-electron chi connectivity index (χ4n) is 1.81. The van der Waals surface area contributed by atoms with Crippen LogP contribution in [0.25, 0.3) is 0 Å². The predicted molar refractivity (Wildman–Crippen MR) is 56.1 cm³/mol. The van der Waals surface area contributed by atoms with Crippen molar-refractivity contribution in [3.05, 3.63) is 29.3 Å². The average molecular weight is 194 g/mol. The Kier molecular flexibility index (Phi) is 2.61. The highest BCUT2D eigenvalue weighted by atomic mass is 32.2. The first-order valence-electron chi connectivity index (χ1n) is 4.71. The quantitative estimate of drug-likeness (QED) is 0.742. The van der Waals surface area contributed by atoms with E-state index in [1.54, 1.807) is 0 Å². The Morgan fingerprint density at radius 1 is 1.46 bits per heavy atom. The van der Waals surface area contributed by atoms with Gasteiger partial charge in [-0.15, -0.1) is 11.8 Å². The van der Waals surface area contributed by atoms with Gasteiger partial charge in [0, 0.05) is 4.90 Å². The molecule has 0 saturated carbocycles. The molecule has 1 heterocycles. The van der Waals surface area contributed by atoms with Crippen molar-refractivity contribution in [2.45, 2.75) is 30.8 Å². The minimum absolute atomic E-state index is 0.325. The maximum Gasteiger partial charge on any atom is 0.0764 e. The molecule has 1 aliphatic rings. The van der Waals surface area contributed by atoms with Gasteiger partial charge in [0.1, 0.15) is 0 Å². The number of rotatable bonds is 1. The fraction of sp³-hybridized carbons (Fsp3) is 0.455. The van der Waals surface area contributed by atoms with Gasteiger partial charge in [-0.3, -0.25) is 0 Å². The second-order valence-electron chi connectivity index (χ2n) is 3.45. The van der Waals surface area contributed by atoms with Crippen molar-refractivity contribution in [1.29, 1.82) is 0 Å². The lowest BCUT2D eigenvalue weighted by Gasteiger charge is -2.19. The van der Waals surface area contributed by atoms with Crippen LogP contribution >= 0.6 is 11.8 Å². The molecule has 1 atom stereocenters. The summed E-state index contributed by atoms with van der Waals surface area (Å²) in [5, 5.41) is 9.57. The van der Waals surface area contributed by atoms with Gasteiger partial charge in [0.15, 0.2) is 0 Å². The number of hydrogen-bond acceptors (Lipinski definition) is 2. The highest BCUT2D eigenvalue weighted by Crippen LogP contribution is 2.34. The lowest BCUT2D eigenvalue weighted by Crippen LogP contribution is -2.05. The number of hydrogen-bond donors (Lipinski definition) is 1. The van der Waals surface area contributed by atoms with Gasteiger partial charge in [-0.05, 0) is 42.7 Å². The number of fused-ring (bicyclic) bond motifs is 1. The lowest BCUT2D eigenvalue weighted by molar-refractivity contribution is 0.197. The van der Waals surface area contributed by atoms with Crippen molar-refractivity contribution in [1.82, 2.24) is 0 Å². The van der Waals surface area contributed by atoms with E-state index in [9.17, 15) is 5.11 Å². The van der Waals surface area contributed by atoms with Gasteiger partial charge in [0.05, 0.1) is 6.10 Å². The topological polar surface area (TPSA) is 20.2 Å². The summed E-state index contributed by atoms with van der Waals surface area (Å²) in [4.78, 5) is 1.37. The van der Waals surface area contributed by atoms with Crippen LogP contribution in [0, 0.1) is 0 Å². The van der Waals surface area contributed by atoms with Gasteiger partial charge in [-0.1, -0.05) is 12.1 Å². The van der Waals surface area contributed by atoms with E-state index < -0.39 is 0 Å². The van der Waals surface area contributed by atoms with Gasteiger partial charge < -0.3 is 5.11 Å². The van der Waals surface area contributed by atoms with Crippen LogP contribution < -0.4 is 0 Å².